The van der Waals surface area contributed by atoms with E-state index in [1.807, 2.05) is 0 Å². The molecule has 0 N–H and O–H groups in total. The van der Waals surface area contributed by atoms with Crippen LogP contribution in [0.15, 0.2) is 48.5 Å². The van der Waals surface area contributed by atoms with Crippen LogP contribution in [0, 0.1) is 0 Å². The molecule has 0 aliphatic heterocycles. The second-order valence-electron chi connectivity index (χ2n) is 3.75. The maximum absolute atomic E-state index is 12.1. The summed E-state index contributed by atoms with van der Waals surface area (Å²) in [5.41, 5.74) is 2.02. The second kappa shape index (κ2) is 4.92. The zero-order valence-corrected chi connectivity index (χ0v) is 13.6. The molecular weight excluding hydrogens is 337 g/mol. The summed E-state index contributed by atoms with van der Waals surface area (Å²) in [5.74, 6) is -0.128. The van der Waals surface area contributed by atoms with E-state index in [0.29, 0.717) is 22.3 Å². The smallest absolute Gasteiger partial charge is 1.00 e. The number of fused-ring (bicyclic) bond motifs is 2. The van der Waals surface area contributed by atoms with E-state index < -0.39 is 0 Å². The Bertz CT molecular complexity index is 521. The topological polar surface area (TPSA) is 34.1 Å². The van der Waals surface area contributed by atoms with Crippen LogP contribution < -0.4 is 0 Å². The number of carbonyl (C=O) groups is 2. The first-order valence-electron chi connectivity index (χ1n) is 5.06. The van der Waals surface area contributed by atoms with Crippen LogP contribution in [-0.4, -0.2) is 60.4 Å². The molecule has 0 spiro atoms. The van der Waals surface area contributed by atoms with Crippen molar-refractivity contribution >= 4 is 60.4 Å². The number of ketones is 2. The molecule has 1 aliphatic rings. The molecule has 0 amide bonds. The van der Waals surface area contributed by atoms with Gasteiger partial charge in [-0.25, -0.2) is 0 Å². The Hall–Kier alpha value is -0.649. The molecule has 0 saturated carbocycles. The zero-order chi connectivity index (χ0) is 11.1. The van der Waals surface area contributed by atoms with E-state index in [1.165, 1.54) is 0 Å². The molecule has 80 valence electrons. The van der Waals surface area contributed by atoms with Gasteiger partial charge in [0.1, 0.15) is 0 Å². The number of hydrogen-bond acceptors (Lipinski definition) is 2. The average molecular weight is 348 g/mol. The summed E-state index contributed by atoms with van der Waals surface area (Å²) in [5, 5.41) is 0. The van der Waals surface area contributed by atoms with Gasteiger partial charge in [0.25, 0.3) is 0 Å². The zero-order valence-electron chi connectivity index (χ0n) is 11.1. The normalized spacial score (nSPS) is 12.5. The molecule has 0 atom stereocenters. The van der Waals surface area contributed by atoms with Gasteiger partial charge in [0.2, 0.25) is 0 Å². The predicted molar refractivity (Wildman–Crippen MR) is 67.7 cm³/mol. The van der Waals surface area contributed by atoms with Crippen LogP contribution in [0.1, 0.15) is 34.7 Å². The minimum atomic E-state index is -0.0641. The van der Waals surface area contributed by atoms with E-state index in [9.17, 15) is 9.59 Å². The van der Waals surface area contributed by atoms with Crippen molar-refractivity contribution in [3.05, 3.63) is 70.8 Å². The molecular formula is C14H10BaO2. The van der Waals surface area contributed by atoms with Gasteiger partial charge >= 0.3 is 48.9 Å². The van der Waals surface area contributed by atoms with Crippen molar-refractivity contribution in [3.8, 4) is 0 Å². The molecule has 2 nitrogen and oxygen atoms in total. The first-order chi connectivity index (χ1) is 7.79. The van der Waals surface area contributed by atoms with Crippen molar-refractivity contribution < 1.29 is 12.4 Å². The van der Waals surface area contributed by atoms with E-state index in [0.717, 1.165) is 0 Å². The van der Waals surface area contributed by atoms with Gasteiger partial charge in [-0.3, -0.25) is 9.59 Å². The molecule has 1 aliphatic carbocycles. The Morgan fingerprint density at radius 3 is 1.06 bits per heavy atom. The van der Waals surface area contributed by atoms with Gasteiger partial charge in [-0.1, -0.05) is 48.5 Å². The fraction of sp³-hybridized carbons (Fsp3) is 0. The Morgan fingerprint density at radius 1 is 0.588 bits per heavy atom. The first kappa shape index (κ1) is 12.8. The fourth-order valence-electron chi connectivity index (χ4n) is 2.05. The quantitative estimate of drug-likeness (QED) is 0.585. The molecule has 0 radical (unpaired) electrons. The predicted octanol–water partition coefficient (Wildman–Crippen LogP) is 2.31. The van der Waals surface area contributed by atoms with Crippen molar-refractivity contribution in [2.24, 2.45) is 0 Å². The summed E-state index contributed by atoms with van der Waals surface area (Å²) in [7, 11) is 0. The first-order valence-corrected chi connectivity index (χ1v) is 5.06. The third kappa shape index (κ3) is 1.96. The molecule has 0 unspecified atom stereocenters. The molecule has 0 saturated heterocycles. The van der Waals surface area contributed by atoms with E-state index >= 15 is 0 Å². The molecule has 0 bridgehead atoms. The molecule has 2 aromatic carbocycles. The molecule has 3 rings (SSSR count). The maximum Gasteiger partial charge on any atom is 2.00 e. The van der Waals surface area contributed by atoms with Crippen molar-refractivity contribution in [2.45, 2.75) is 0 Å². The number of hydrogen-bond donors (Lipinski definition) is 0. The van der Waals surface area contributed by atoms with Gasteiger partial charge in [-0.15, -0.1) is 0 Å². The minimum absolute atomic E-state index is 0. The van der Waals surface area contributed by atoms with Crippen molar-refractivity contribution in [3.63, 3.8) is 0 Å². The molecule has 3 heteroatoms. The summed E-state index contributed by atoms with van der Waals surface area (Å²) in [4.78, 5) is 24.2. The van der Waals surface area contributed by atoms with Crippen LogP contribution >= 0.6 is 0 Å². The molecule has 0 aromatic heterocycles. The van der Waals surface area contributed by atoms with Crippen LogP contribution in [0.3, 0.4) is 0 Å². The summed E-state index contributed by atoms with van der Waals surface area (Å²) in [6, 6.07) is 13.9. The SMILES string of the molecule is O=C1c2ccccc2C(=O)c2ccccc21.[Ba+2].[H-].[H-]. The van der Waals surface area contributed by atoms with Gasteiger partial charge in [-0.05, 0) is 0 Å². The third-order valence-corrected chi connectivity index (χ3v) is 2.83. The molecule has 17 heavy (non-hydrogen) atoms. The van der Waals surface area contributed by atoms with Gasteiger partial charge in [0.15, 0.2) is 11.6 Å². The minimum Gasteiger partial charge on any atom is -1.00 e. The molecule has 2 aromatic rings. The van der Waals surface area contributed by atoms with Crippen molar-refractivity contribution in [1.82, 2.24) is 0 Å². The van der Waals surface area contributed by atoms with E-state index in [1.54, 1.807) is 48.5 Å². The monoisotopic (exact) mass is 348 g/mol. The van der Waals surface area contributed by atoms with Crippen molar-refractivity contribution in [2.75, 3.05) is 0 Å². The maximum atomic E-state index is 12.1. The van der Waals surface area contributed by atoms with Gasteiger partial charge < -0.3 is 2.85 Å². The van der Waals surface area contributed by atoms with Gasteiger partial charge in [-0.2, -0.15) is 0 Å². The largest absolute Gasteiger partial charge is 2.00 e. The molecule has 0 heterocycles. The Morgan fingerprint density at radius 2 is 0.824 bits per heavy atom. The van der Waals surface area contributed by atoms with Gasteiger partial charge in [0, 0.05) is 22.3 Å². The van der Waals surface area contributed by atoms with Crippen LogP contribution in [0.5, 0.6) is 0 Å². The van der Waals surface area contributed by atoms with Crippen molar-refractivity contribution in [1.29, 1.82) is 0 Å². The van der Waals surface area contributed by atoms with E-state index in [-0.39, 0.29) is 63.3 Å². The Labute approximate surface area is 142 Å². The fourth-order valence-corrected chi connectivity index (χ4v) is 2.05. The molecule has 0 fully saturated rings. The summed E-state index contributed by atoms with van der Waals surface area (Å²) >= 11 is 0. The Kier molecular flexibility index (Phi) is 3.70. The summed E-state index contributed by atoms with van der Waals surface area (Å²) in [6.07, 6.45) is 0. The number of benzene rings is 2. The Balaban J connectivity index is 0.00000108. The van der Waals surface area contributed by atoms with Gasteiger partial charge in [0.05, 0.1) is 0 Å². The second-order valence-corrected chi connectivity index (χ2v) is 3.75. The van der Waals surface area contributed by atoms with Crippen LogP contribution in [0.25, 0.3) is 0 Å². The average Bonchev–Trinajstić information content (AvgIpc) is 2.36. The standard InChI is InChI=1S/C14H8O2.Ba.2H/c15-13-9-5-1-2-6-10(9)14(16)12-8-4-3-7-11(12)13;;;/h1-8H;;;/q;+2;2*-1. The van der Waals surface area contributed by atoms with Crippen LogP contribution in [0.2, 0.25) is 0 Å². The third-order valence-electron chi connectivity index (χ3n) is 2.83. The summed E-state index contributed by atoms with van der Waals surface area (Å²) < 4.78 is 0. The van der Waals surface area contributed by atoms with E-state index in [2.05, 4.69) is 0 Å². The number of rotatable bonds is 0. The van der Waals surface area contributed by atoms with Crippen LogP contribution in [-0.2, 0) is 0 Å². The van der Waals surface area contributed by atoms with E-state index in [4.69, 9.17) is 0 Å². The van der Waals surface area contributed by atoms with Crippen LogP contribution in [0.4, 0.5) is 0 Å². The number of carbonyl (C=O) groups excluding carboxylic acids is 2. The summed E-state index contributed by atoms with van der Waals surface area (Å²) in [6.45, 7) is 0.